The van der Waals surface area contributed by atoms with E-state index in [0.717, 1.165) is 49.5 Å². The maximum Gasteiger partial charge on any atom is 0.231 e. The Morgan fingerprint density at radius 2 is 2.14 bits per heavy atom. The van der Waals surface area contributed by atoms with Crippen molar-refractivity contribution < 1.29 is 14.3 Å². The minimum absolute atomic E-state index is 0.107. The minimum Gasteiger partial charge on any atom is -0.454 e. The van der Waals surface area contributed by atoms with E-state index in [0.29, 0.717) is 11.8 Å². The number of likely N-dealkylation sites (tertiary alicyclic amines) is 1. The summed E-state index contributed by atoms with van der Waals surface area (Å²) in [5.41, 5.74) is 1.16. The molecule has 3 aliphatic heterocycles. The van der Waals surface area contributed by atoms with Gasteiger partial charge in [0.2, 0.25) is 12.7 Å². The van der Waals surface area contributed by atoms with Gasteiger partial charge in [0, 0.05) is 12.5 Å². The number of hydrogen-bond acceptors (Lipinski definition) is 4. The summed E-state index contributed by atoms with van der Waals surface area (Å²) < 4.78 is 10.8. The van der Waals surface area contributed by atoms with Crippen LogP contribution in [0.2, 0.25) is 0 Å². The van der Waals surface area contributed by atoms with Crippen molar-refractivity contribution in [3.8, 4) is 11.5 Å². The molecule has 0 aromatic heterocycles. The molecule has 0 aliphatic carbocycles. The molecule has 0 saturated carbocycles. The number of fused-ring (bicyclic) bond motifs is 1. The molecule has 22 heavy (non-hydrogen) atoms. The number of ether oxygens (including phenoxy) is 2. The second kappa shape index (κ2) is 5.47. The van der Waals surface area contributed by atoms with Crippen LogP contribution < -0.4 is 14.8 Å². The number of carbonyl (C=O) groups is 1. The number of amides is 1. The fraction of sp³-hybridized carbons (Fsp3) is 0.588. The summed E-state index contributed by atoms with van der Waals surface area (Å²) in [6.07, 6.45) is 2.10. The van der Waals surface area contributed by atoms with E-state index in [1.165, 1.54) is 0 Å². The van der Waals surface area contributed by atoms with E-state index in [9.17, 15) is 4.79 Å². The molecule has 1 N–H and O–H groups in total. The van der Waals surface area contributed by atoms with Crippen LogP contribution in [0.4, 0.5) is 0 Å². The fourth-order valence-electron chi connectivity index (χ4n) is 3.63. The predicted molar refractivity (Wildman–Crippen MR) is 81.8 cm³/mol. The maximum absolute atomic E-state index is 12.8. The van der Waals surface area contributed by atoms with Gasteiger partial charge in [-0.05, 0) is 49.5 Å². The van der Waals surface area contributed by atoms with Gasteiger partial charge in [-0.1, -0.05) is 13.0 Å². The highest BCUT2D eigenvalue weighted by molar-refractivity contribution is 5.80. The van der Waals surface area contributed by atoms with Crippen LogP contribution in [0.25, 0.3) is 0 Å². The Labute approximate surface area is 130 Å². The van der Waals surface area contributed by atoms with E-state index in [1.54, 1.807) is 0 Å². The van der Waals surface area contributed by atoms with Gasteiger partial charge in [0.1, 0.15) is 0 Å². The van der Waals surface area contributed by atoms with Crippen molar-refractivity contribution in [2.75, 3.05) is 26.4 Å². The zero-order valence-corrected chi connectivity index (χ0v) is 12.9. The smallest absolute Gasteiger partial charge is 0.231 e. The molecule has 0 spiro atoms. The van der Waals surface area contributed by atoms with Crippen LogP contribution in [0.15, 0.2) is 18.2 Å². The molecule has 1 amide bonds. The molecule has 4 rings (SSSR count). The second-order valence-electron chi connectivity index (χ2n) is 6.51. The maximum atomic E-state index is 12.8. The topological polar surface area (TPSA) is 50.8 Å². The lowest BCUT2D eigenvalue weighted by atomic mass is 9.87. The average molecular weight is 302 g/mol. The van der Waals surface area contributed by atoms with Crippen molar-refractivity contribution in [3.63, 3.8) is 0 Å². The summed E-state index contributed by atoms with van der Waals surface area (Å²) in [4.78, 5) is 14.9. The number of nitrogens with one attached hydrogen (secondary N) is 1. The standard InChI is InChI=1S/C17H22N2O3/c1-11(13-8-18-9-13)17(20)19-6-2-3-14(19)12-4-5-15-16(7-12)22-10-21-15/h4-5,7,11,13-14,18H,2-3,6,8-10H2,1H3. The predicted octanol–water partition coefficient (Wildman–Crippen LogP) is 1.93. The summed E-state index contributed by atoms with van der Waals surface area (Å²) >= 11 is 0. The van der Waals surface area contributed by atoms with Crippen molar-refractivity contribution in [2.45, 2.75) is 25.8 Å². The number of rotatable bonds is 3. The van der Waals surface area contributed by atoms with E-state index < -0.39 is 0 Å². The van der Waals surface area contributed by atoms with Crippen LogP contribution in [-0.4, -0.2) is 37.2 Å². The first-order valence-corrected chi connectivity index (χ1v) is 8.15. The van der Waals surface area contributed by atoms with Gasteiger partial charge in [-0.3, -0.25) is 4.79 Å². The van der Waals surface area contributed by atoms with E-state index in [1.807, 2.05) is 12.1 Å². The van der Waals surface area contributed by atoms with Crippen molar-refractivity contribution >= 4 is 5.91 Å². The molecule has 1 aromatic carbocycles. The summed E-state index contributed by atoms with van der Waals surface area (Å²) in [6, 6.07) is 6.24. The van der Waals surface area contributed by atoms with Gasteiger partial charge in [-0.25, -0.2) is 0 Å². The quantitative estimate of drug-likeness (QED) is 0.927. The minimum atomic E-state index is 0.107. The zero-order chi connectivity index (χ0) is 15.1. The first kappa shape index (κ1) is 13.9. The third-order valence-electron chi connectivity index (χ3n) is 5.23. The van der Waals surface area contributed by atoms with Crippen LogP contribution in [0, 0.1) is 11.8 Å². The van der Waals surface area contributed by atoms with Gasteiger partial charge in [-0.2, -0.15) is 0 Å². The molecule has 118 valence electrons. The van der Waals surface area contributed by atoms with Crippen LogP contribution in [0.5, 0.6) is 11.5 Å². The Kier molecular flexibility index (Phi) is 3.45. The van der Waals surface area contributed by atoms with Crippen molar-refractivity contribution in [2.24, 2.45) is 11.8 Å². The molecule has 2 saturated heterocycles. The lowest BCUT2D eigenvalue weighted by Gasteiger charge is -2.35. The first-order valence-electron chi connectivity index (χ1n) is 8.15. The van der Waals surface area contributed by atoms with Gasteiger partial charge in [0.15, 0.2) is 11.5 Å². The molecule has 3 heterocycles. The first-order chi connectivity index (χ1) is 10.7. The highest BCUT2D eigenvalue weighted by Gasteiger charge is 2.37. The lowest BCUT2D eigenvalue weighted by molar-refractivity contribution is -0.138. The largest absolute Gasteiger partial charge is 0.454 e. The molecule has 2 fully saturated rings. The average Bonchev–Trinajstić information content (AvgIpc) is 3.12. The SMILES string of the molecule is CC(C(=O)N1CCCC1c1ccc2c(c1)OCO2)C1CNC1. The zero-order valence-electron chi connectivity index (χ0n) is 12.9. The summed E-state index contributed by atoms with van der Waals surface area (Å²) in [5.74, 6) is 2.50. The van der Waals surface area contributed by atoms with E-state index in [-0.39, 0.29) is 18.8 Å². The van der Waals surface area contributed by atoms with E-state index in [2.05, 4.69) is 23.2 Å². The van der Waals surface area contributed by atoms with Gasteiger partial charge < -0.3 is 19.7 Å². The second-order valence-corrected chi connectivity index (χ2v) is 6.51. The number of benzene rings is 1. The molecular weight excluding hydrogens is 280 g/mol. The van der Waals surface area contributed by atoms with Gasteiger partial charge in [-0.15, -0.1) is 0 Å². The molecule has 3 aliphatic rings. The van der Waals surface area contributed by atoms with E-state index >= 15 is 0 Å². The molecule has 5 heteroatoms. The molecule has 2 atom stereocenters. The Bertz CT molecular complexity index is 585. The Morgan fingerprint density at radius 3 is 2.91 bits per heavy atom. The van der Waals surface area contributed by atoms with Crippen molar-refractivity contribution in [1.29, 1.82) is 0 Å². The van der Waals surface area contributed by atoms with Crippen LogP contribution in [0.1, 0.15) is 31.4 Å². The Hall–Kier alpha value is -1.75. The third-order valence-corrected chi connectivity index (χ3v) is 5.23. The van der Waals surface area contributed by atoms with Crippen molar-refractivity contribution in [1.82, 2.24) is 10.2 Å². The molecule has 2 unspecified atom stereocenters. The van der Waals surface area contributed by atoms with E-state index in [4.69, 9.17) is 9.47 Å². The highest BCUT2D eigenvalue weighted by Crippen LogP contribution is 2.39. The number of nitrogens with zero attached hydrogens (tertiary/aromatic N) is 1. The molecule has 1 aromatic rings. The number of carbonyl (C=O) groups excluding carboxylic acids is 1. The molecule has 5 nitrogen and oxygen atoms in total. The van der Waals surface area contributed by atoms with Crippen LogP contribution in [-0.2, 0) is 4.79 Å². The van der Waals surface area contributed by atoms with Gasteiger partial charge >= 0.3 is 0 Å². The summed E-state index contributed by atoms with van der Waals surface area (Å²) in [6.45, 7) is 5.16. The van der Waals surface area contributed by atoms with Crippen LogP contribution >= 0.6 is 0 Å². The fourth-order valence-corrected chi connectivity index (χ4v) is 3.63. The molecule has 0 radical (unpaired) electrons. The molecular formula is C17H22N2O3. The number of hydrogen-bond donors (Lipinski definition) is 1. The Balaban J connectivity index is 1.54. The highest BCUT2D eigenvalue weighted by atomic mass is 16.7. The summed E-state index contributed by atoms with van der Waals surface area (Å²) in [7, 11) is 0. The summed E-state index contributed by atoms with van der Waals surface area (Å²) in [5, 5.41) is 3.26. The van der Waals surface area contributed by atoms with Crippen molar-refractivity contribution in [3.05, 3.63) is 23.8 Å². The normalized spacial score (nSPS) is 25.1. The van der Waals surface area contributed by atoms with Crippen LogP contribution in [0.3, 0.4) is 0 Å². The molecule has 0 bridgehead atoms. The third kappa shape index (κ3) is 2.24. The van der Waals surface area contributed by atoms with Gasteiger partial charge in [0.05, 0.1) is 6.04 Å². The Morgan fingerprint density at radius 1 is 1.32 bits per heavy atom. The lowest BCUT2D eigenvalue weighted by Crippen LogP contribution is -2.50. The van der Waals surface area contributed by atoms with Gasteiger partial charge in [0.25, 0.3) is 0 Å². The monoisotopic (exact) mass is 302 g/mol.